The molecule has 2 N–H and O–H groups in total. The van der Waals surface area contributed by atoms with Crippen LogP contribution in [-0.4, -0.2) is 37.5 Å². The zero-order valence-corrected chi connectivity index (χ0v) is 12.4. The summed E-state index contributed by atoms with van der Waals surface area (Å²) in [6.07, 6.45) is 4.58. The van der Waals surface area contributed by atoms with Crippen LogP contribution in [0.4, 0.5) is 0 Å². The number of benzene rings is 1. The van der Waals surface area contributed by atoms with E-state index in [1.807, 2.05) is 25.1 Å². The van der Waals surface area contributed by atoms with Gasteiger partial charge in [-0.2, -0.15) is 0 Å². The van der Waals surface area contributed by atoms with Gasteiger partial charge in [-0.1, -0.05) is 12.8 Å². The third-order valence-electron chi connectivity index (χ3n) is 3.81. The molecule has 1 saturated carbocycles. The van der Waals surface area contributed by atoms with Gasteiger partial charge in [-0.05, 0) is 43.5 Å². The van der Waals surface area contributed by atoms with Crippen molar-refractivity contribution in [3.05, 3.63) is 23.8 Å². The van der Waals surface area contributed by atoms with Gasteiger partial charge >= 0.3 is 0 Å². The standard InChI is InChI=1S/C16H25NO3/c1-12-9-15(19-2)7-8-16(12)20-11-14(18)10-17-13-5-3-4-6-13/h7-9,13-14,17-18H,3-6,10-11H2,1-2H3. The van der Waals surface area contributed by atoms with Crippen molar-refractivity contribution in [1.29, 1.82) is 0 Å². The minimum Gasteiger partial charge on any atom is -0.497 e. The van der Waals surface area contributed by atoms with E-state index in [2.05, 4.69) is 5.32 Å². The van der Waals surface area contributed by atoms with Crippen LogP contribution in [0.1, 0.15) is 31.2 Å². The molecule has 0 bridgehead atoms. The maximum absolute atomic E-state index is 9.95. The van der Waals surface area contributed by atoms with Crippen molar-refractivity contribution in [3.8, 4) is 11.5 Å². The highest BCUT2D eigenvalue weighted by molar-refractivity contribution is 5.39. The first kappa shape index (κ1) is 15.1. The highest BCUT2D eigenvalue weighted by Gasteiger charge is 2.16. The molecule has 112 valence electrons. The summed E-state index contributed by atoms with van der Waals surface area (Å²) in [4.78, 5) is 0. The van der Waals surface area contributed by atoms with E-state index in [1.165, 1.54) is 25.7 Å². The lowest BCUT2D eigenvalue weighted by atomic mass is 10.2. The third kappa shape index (κ3) is 4.39. The number of ether oxygens (including phenoxy) is 2. The smallest absolute Gasteiger partial charge is 0.122 e. The van der Waals surface area contributed by atoms with Gasteiger partial charge in [0.15, 0.2) is 0 Å². The summed E-state index contributed by atoms with van der Waals surface area (Å²) in [6, 6.07) is 6.25. The Bertz CT molecular complexity index is 416. The van der Waals surface area contributed by atoms with Crippen molar-refractivity contribution in [2.24, 2.45) is 0 Å². The van der Waals surface area contributed by atoms with Gasteiger partial charge in [0.1, 0.15) is 24.2 Å². The highest BCUT2D eigenvalue weighted by atomic mass is 16.5. The number of nitrogens with one attached hydrogen (secondary N) is 1. The molecule has 1 aliphatic carbocycles. The minimum atomic E-state index is -0.475. The van der Waals surface area contributed by atoms with Crippen LogP contribution in [0.25, 0.3) is 0 Å². The van der Waals surface area contributed by atoms with Gasteiger partial charge in [0, 0.05) is 12.6 Å². The van der Waals surface area contributed by atoms with Crippen LogP contribution in [0.5, 0.6) is 11.5 Å². The van der Waals surface area contributed by atoms with Crippen LogP contribution >= 0.6 is 0 Å². The molecule has 1 aliphatic rings. The van der Waals surface area contributed by atoms with E-state index in [0.717, 1.165) is 17.1 Å². The molecule has 1 unspecified atom stereocenters. The van der Waals surface area contributed by atoms with E-state index in [-0.39, 0.29) is 0 Å². The van der Waals surface area contributed by atoms with Gasteiger partial charge in [0.05, 0.1) is 7.11 Å². The molecule has 1 fully saturated rings. The van der Waals surface area contributed by atoms with Crippen LogP contribution in [0, 0.1) is 6.92 Å². The lowest BCUT2D eigenvalue weighted by molar-refractivity contribution is 0.103. The molecule has 1 atom stereocenters. The van der Waals surface area contributed by atoms with Crippen molar-refractivity contribution in [2.75, 3.05) is 20.3 Å². The Morgan fingerprint density at radius 2 is 2.10 bits per heavy atom. The maximum Gasteiger partial charge on any atom is 0.122 e. The maximum atomic E-state index is 9.95. The summed E-state index contributed by atoms with van der Waals surface area (Å²) in [5.74, 6) is 1.61. The van der Waals surface area contributed by atoms with Gasteiger partial charge in [0.2, 0.25) is 0 Å². The van der Waals surface area contributed by atoms with Gasteiger partial charge in [-0.3, -0.25) is 0 Å². The Labute approximate surface area is 121 Å². The fraction of sp³-hybridized carbons (Fsp3) is 0.625. The van der Waals surface area contributed by atoms with Crippen molar-refractivity contribution < 1.29 is 14.6 Å². The van der Waals surface area contributed by atoms with Crippen molar-refractivity contribution in [2.45, 2.75) is 44.8 Å². The van der Waals surface area contributed by atoms with E-state index in [0.29, 0.717) is 19.2 Å². The summed E-state index contributed by atoms with van der Waals surface area (Å²) >= 11 is 0. The Morgan fingerprint density at radius 1 is 1.35 bits per heavy atom. The van der Waals surface area contributed by atoms with Crippen LogP contribution < -0.4 is 14.8 Å². The highest BCUT2D eigenvalue weighted by Crippen LogP contribution is 2.23. The zero-order valence-electron chi connectivity index (χ0n) is 12.4. The first-order chi connectivity index (χ1) is 9.69. The number of aryl methyl sites for hydroxylation is 1. The number of rotatable bonds is 7. The van der Waals surface area contributed by atoms with E-state index >= 15 is 0 Å². The molecule has 0 amide bonds. The van der Waals surface area contributed by atoms with E-state index < -0.39 is 6.10 Å². The largest absolute Gasteiger partial charge is 0.497 e. The van der Waals surface area contributed by atoms with Gasteiger partial charge in [-0.15, -0.1) is 0 Å². The summed E-state index contributed by atoms with van der Waals surface area (Å²) < 4.78 is 10.8. The number of aliphatic hydroxyl groups is 1. The second-order valence-electron chi connectivity index (χ2n) is 5.49. The summed E-state index contributed by atoms with van der Waals surface area (Å²) in [7, 11) is 1.65. The molecule has 0 aliphatic heterocycles. The molecule has 4 nitrogen and oxygen atoms in total. The quantitative estimate of drug-likeness (QED) is 0.804. The number of hydrogen-bond donors (Lipinski definition) is 2. The number of aliphatic hydroxyl groups excluding tert-OH is 1. The van der Waals surface area contributed by atoms with Crippen LogP contribution in [0.15, 0.2) is 18.2 Å². The van der Waals surface area contributed by atoms with Crippen molar-refractivity contribution in [1.82, 2.24) is 5.32 Å². The average Bonchev–Trinajstić information content (AvgIpc) is 2.97. The molecule has 0 radical (unpaired) electrons. The van der Waals surface area contributed by atoms with Gasteiger partial charge in [0.25, 0.3) is 0 Å². The lowest BCUT2D eigenvalue weighted by Gasteiger charge is -2.17. The molecule has 0 aromatic heterocycles. The minimum absolute atomic E-state index is 0.312. The predicted octanol–water partition coefficient (Wildman–Crippen LogP) is 2.28. The normalized spacial score (nSPS) is 17.1. The second kappa shape index (κ2) is 7.50. The molecule has 20 heavy (non-hydrogen) atoms. The first-order valence-corrected chi connectivity index (χ1v) is 7.38. The fourth-order valence-electron chi connectivity index (χ4n) is 2.59. The topological polar surface area (TPSA) is 50.7 Å². The van der Waals surface area contributed by atoms with E-state index in [1.54, 1.807) is 7.11 Å². The summed E-state index contributed by atoms with van der Waals surface area (Å²) in [5, 5.41) is 13.4. The lowest BCUT2D eigenvalue weighted by Crippen LogP contribution is -2.36. The average molecular weight is 279 g/mol. The van der Waals surface area contributed by atoms with Gasteiger partial charge in [-0.25, -0.2) is 0 Å². The fourth-order valence-corrected chi connectivity index (χ4v) is 2.59. The molecular formula is C16H25NO3. The Kier molecular flexibility index (Phi) is 5.68. The van der Waals surface area contributed by atoms with Crippen LogP contribution in [0.3, 0.4) is 0 Å². The first-order valence-electron chi connectivity index (χ1n) is 7.38. The molecule has 0 heterocycles. The van der Waals surface area contributed by atoms with Crippen LogP contribution in [0.2, 0.25) is 0 Å². The molecular weight excluding hydrogens is 254 g/mol. The molecule has 2 rings (SSSR count). The summed E-state index contributed by atoms with van der Waals surface area (Å²) in [5.41, 5.74) is 1.01. The summed E-state index contributed by atoms with van der Waals surface area (Å²) in [6.45, 7) is 2.88. The SMILES string of the molecule is COc1ccc(OCC(O)CNC2CCCC2)c(C)c1. The molecule has 0 saturated heterocycles. The Hall–Kier alpha value is -1.26. The monoisotopic (exact) mass is 279 g/mol. The zero-order chi connectivity index (χ0) is 14.4. The van der Waals surface area contributed by atoms with Crippen LogP contribution in [-0.2, 0) is 0 Å². The molecule has 1 aromatic rings. The second-order valence-corrected chi connectivity index (χ2v) is 5.49. The predicted molar refractivity (Wildman–Crippen MR) is 79.5 cm³/mol. The molecule has 4 heteroatoms. The third-order valence-corrected chi connectivity index (χ3v) is 3.81. The molecule has 0 spiro atoms. The van der Waals surface area contributed by atoms with Crippen molar-refractivity contribution in [3.63, 3.8) is 0 Å². The van der Waals surface area contributed by atoms with Gasteiger partial charge < -0.3 is 19.9 Å². The van der Waals surface area contributed by atoms with E-state index in [4.69, 9.17) is 9.47 Å². The molecule has 1 aromatic carbocycles. The van der Waals surface area contributed by atoms with Crippen molar-refractivity contribution >= 4 is 0 Å². The number of hydrogen-bond acceptors (Lipinski definition) is 4. The Balaban J connectivity index is 1.73. The number of methoxy groups -OCH3 is 1. The van der Waals surface area contributed by atoms with E-state index in [9.17, 15) is 5.11 Å². The Morgan fingerprint density at radius 3 is 2.75 bits per heavy atom.